The number of aromatic nitrogens is 2. The first-order chi connectivity index (χ1) is 10.1. The van der Waals surface area contributed by atoms with Crippen LogP contribution < -0.4 is 5.32 Å². The molecule has 106 valence electrons. The molecule has 0 aliphatic heterocycles. The summed E-state index contributed by atoms with van der Waals surface area (Å²) < 4.78 is 4.06. The number of imidazole rings is 1. The minimum atomic E-state index is 0.793. The Bertz CT molecular complexity index is 766. The number of halogens is 2. The van der Waals surface area contributed by atoms with Crippen LogP contribution in [0.2, 0.25) is 0 Å². The minimum Gasteiger partial charge on any atom is -0.324 e. The number of rotatable bonds is 3. The number of para-hydroxylation sites is 1. The first-order valence-electron chi connectivity index (χ1n) is 6.47. The van der Waals surface area contributed by atoms with E-state index >= 15 is 0 Å². The fraction of sp³-hybridized carbons (Fsp3) is 0.0625. The van der Waals surface area contributed by atoms with Gasteiger partial charge in [-0.2, -0.15) is 0 Å². The van der Waals surface area contributed by atoms with E-state index in [2.05, 4.69) is 54.3 Å². The Morgan fingerprint density at radius 2 is 1.81 bits per heavy atom. The summed E-state index contributed by atoms with van der Waals surface area (Å²) in [7, 11) is 0. The van der Waals surface area contributed by atoms with Crippen LogP contribution >= 0.6 is 31.9 Å². The molecule has 0 aliphatic rings. The molecule has 1 heterocycles. The van der Waals surface area contributed by atoms with Gasteiger partial charge >= 0.3 is 0 Å². The molecule has 0 fully saturated rings. The Morgan fingerprint density at radius 1 is 1.05 bits per heavy atom. The topological polar surface area (TPSA) is 29.9 Å². The fourth-order valence-electron chi connectivity index (χ4n) is 2.08. The number of hydrogen-bond donors (Lipinski definition) is 1. The van der Waals surface area contributed by atoms with Gasteiger partial charge in [-0.05, 0) is 53.2 Å². The Balaban J connectivity index is 2.00. The van der Waals surface area contributed by atoms with Crippen LogP contribution in [0.3, 0.4) is 0 Å². The van der Waals surface area contributed by atoms with E-state index in [0.717, 1.165) is 32.0 Å². The third-order valence-corrected chi connectivity index (χ3v) is 4.19. The van der Waals surface area contributed by atoms with Gasteiger partial charge in [-0.25, -0.2) is 4.98 Å². The lowest BCUT2D eigenvalue weighted by Gasteiger charge is -2.11. The lowest BCUT2D eigenvalue weighted by atomic mass is 10.3. The van der Waals surface area contributed by atoms with E-state index in [0.29, 0.717) is 0 Å². The molecule has 0 unspecified atom stereocenters. The van der Waals surface area contributed by atoms with Crippen LogP contribution in [0.4, 0.5) is 11.6 Å². The van der Waals surface area contributed by atoms with E-state index in [1.807, 2.05) is 54.1 Å². The maximum Gasteiger partial charge on any atom is 0.212 e. The number of nitrogens with zero attached hydrogens (tertiary/aromatic N) is 2. The standard InChI is InChI=1S/C16H13Br2N3/c1-11-10-21(13-5-3-2-4-6-13)16(19-11)20-15-8-7-12(17)9-14(15)18/h2-10H,1H3,(H,19,20). The van der Waals surface area contributed by atoms with Crippen molar-refractivity contribution in [2.24, 2.45) is 0 Å². The molecule has 3 nitrogen and oxygen atoms in total. The average molecular weight is 407 g/mol. The van der Waals surface area contributed by atoms with Crippen LogP contribution in [-0.2, 0) is 0 Å². The number of nitrogens with one attached hydrogen (secondary N) is 1. The molecule has 3 aromatic rings. The Labute approximate surface area is 140 Å². The summed E-state index contributed by atoms with van der Waals surface area (Å²) >= 11 is 7.02. The van der Waals surface area contributed by atoms with Gasteiger partial charge in [0.05, 0.1) is 11.4 Å². The van der Waals surface area contributed by atoms with Crippen LogP contribution in [0.15, 0.2) is 63.7 Å². The van der Waals surface area contributed by atoms with Crippen LogP contribution in [0.1, 0.15) is 5.69 Å². The lowest BCUT2D eigenvalue weighted by molar-refractivity contribution is 1.06. The predicted octanol–water partition coefficient (Wildman–Crippen LogP) is 5.45. The van der Waals surface area contributed by atoms with Crippen molar-refractivity contribution in [3.8, 4) is 5.69 Å². The molecule has 2 aromatic carbocycles. The molecular formula is C16H13Br2N3. The summed E-state index contributed by atoms with van der Waals surface area (Å²) in [6.07, 6.45) is 2.02. The van der Waals surface area contributed by atoms with E-state index in [1.165, 1.54) is 0 Å². The van der Waals surface area contributed by atoms with Gasteiger partial charge in [-0.1, -0.05) is 34.1 Å². The number of hydrogen-bond acceptors (Lipinski definition) is 2. The average Bonchev–Trinajstić information content (AvgIpc) is 2.84. The molecular weight excluding hydrogens is 394 g/mol. The van der Waals surface area contributed by atoms with Crippen LogP contribution in [0.5, 0.6) is 0 Å². The molecule has 1 aromatic heterocycles. The highest BCUT2D eigenvalue weighted by atomic mass is 79.9. The van der Waals surface area contributed by atoms with Gasteiger partial charge in [-0.15, -0.1) is 0 Å². The van der Waals surface area contributed by atoms with Gasteiger partial charge in [0.1, 0.15) is 0 Å². The normalized spacial score (nSPS) is 10.6. The number of benzene rings is 2. The molecule has 0 saturated carbocycles. The van der Waals surface area contributed by atoms with Crippen molar-refractivity contribution < 1.29 is 0 Å². The van der Waals surface area contributed by atoms with Gasteiger partial charge in [0.25, 0.3) is 0 Å². The molecule has 0 atom stereocenters. The van der Waals surface area contributed by atoms with Crippen molar-refractivity contribution >= 4 is 43.5 Å². The summed E-state index contributed by atoms with van der Waals surface area (Å²) in [4.78, 5) is 4.57. The lowest BCUT2D eigenvalue weighted by Crippen LogP contribution is -2.01. The van der Waals surface area contributed by atoms with Gasteiger partial charge in [0.15, 0.2) is 0 Å². The summed E-state index contributed by atoms with van der Waals surface area (Å²) in [5.41, 5.74) is 3.02. The zero-order valence-corrected chi connectivity index (χ0v) is 14.5. The molecule has 0 radical (unpaired) electrons. The molecule has 0 aliphatic carbocycles. The second-order valence-electron chi connectivity index (χ2n) is 4.66. The predicted molar refractivity (Wildman–Crippen MR) is 93.4 cm³/mol. The first kappa shape index (κ1) is 14.4. The highest BCUT2D eigenvalue weighted by molar-refractivity contribution is 9.11. The van der Waals surface area contributed by atoms with Crippen molar-refractivity contribution in [1.29, 1.82) is 0 Å². The first-order valence-corrected chi connectivity index (χ1v) is 8.05. The van der Waals surface area contributed by atoms with Gasteiger partial charge in [0, 0.05) is 20.8 Å². The van der Waals surface area contributed by atoms with E-state index in [9.17, 15) is 0 Å². The molecule has 3 rings (SSSR count). The third kappa shape index (κ3) is 3.19. The van der Waals surface area contributed by atoms with Crippen molar-refractivity contribution in [2.45, 2.75) is 6.92 Å². The molecule has 0 amide bonds. The Hall–Kier alpha value is -1.59. The van der Waals surface area contributed by atoms with E-state index in [-0.39, 0.29) is 0 Å². The Morgan fingerprint density at radius 3 is 2.52 bits per heavy atom. The number of aryl methyl sites for hydroxylation is 1. The van der Waals surface area contributed by atoms with E-state index in [1.54, 1.807) is 0 Å². The zero-order valence-electron chi connectivity index (χ0n) is 11.3. The summed E-state index contributed by atoms with van der Waals surface area (Å²) in [5.74, 6) is 0.793. The van der Waals surface area contributed by atoms with Gasteiger partial charge < -0.3 is 5.32 Å². The van der Waals surface area contributed by atoms with Crippen LogP contribution in [-0.4, -0.2) is 9.55 Å². The highest BCUT2D eigenvalue weighted by Gasteiger charge is 2.09. The second-order valence-corrected chi connectivity index (χ2v) is 6.43. The summed E-state index contributed by atoms with van der Waals surface area (Å²) in [6.45, 7) is 1.99. The smallest absolute Gasteiger partial charge is 0.212 e. The maximum atomic E-state index is 4.57. The summed E-state index contributed by atoms with van der Waals surface area (Å²) in [5, 5.41) is 3.37. The van der Waals surface area contributed by atoms with Crippen LogP contribution in [0.25, 0.3) is 5.69 Å². The minimum absolute atomic E-state index is 0.793. The summed E-state index contributed by atoms with van der Waals surface area (Å²) in [6, 6.07) is 16.2. The Kier molecular flexibility index (Phi) is 4.12. The quantitative estimate of drug-likeness (QED) is 0.626. The fourth-order valence-corrected chi connectivity index (χ4v) is 3.23. The van der Waals surface area contributed by atoms with E-state index < -0.39 is 0 Å². The van der Waals surface area contributed by atoms with Crippen molar-refractivity contribution in [1.82, 2.24) is 9.55 Å². The monoisotopic (exact) mass is 405 g/mol. The molecule has 1 N–H and O–H groups in total. The van der Waals surface area contributed by atoms with Gasteiger partial charge in [-0.3, -0.25) is 4.57 Å². The third-order valence-electron chi connectivity index (χ3n) is 3.04. The van der Waals surface area contributed by atoms with Crippen molar-refractivity contribution in [3.63, 3.8) is 0 Å². The molecule has 0 spiro atoms. The largest absolute Gasteiger partial charge is 0.324 e. The SMILES string of the molecule is Cc1cn(-c2ccccc2)c(Nc2ccc(Br)cc2Br)n1. The highest BCUT2D eigenvalue weighted by Crippen LogP contribution is 2.29. The molecule has 0 bridgehead atoms. The molecule has 21 heavy (non-hydrogen) atoms. The molecule has 5 heteroatoms. The molecule has 0 saturated heterocycles. The van der Waals surface area contributed by atoms with Gasteiger partial charge in [0.2, 0.25) is 5.95 Å². The number of anilines is 2. The van der Waals surface area contributed by atoms with E-state index in [4.69, 9.17) is 0 Å². The zero-order chi connectivity index (χ0) is 14.8. The maximum absolute atomic E-state index is 4.57. The van der Waals surface area contributed by atoms with Crippen molar-refractivity contribution in [2.75, 3.05) is 5.32 Å². The van der Waals surface area contributed by atoms with Crippen LogP contribution in [0, 0.1) is 6.92 Å². The second kappa shape index (κ2) is 6.03. The van der Waals surface area contributed by atoms with Crippen molar-refractivity contribution in [3.05, 3.63) is 69.4 Å².